The first kappa shape index (κ1) is 15.1. The second kappa shape index (κ2) is 6.45. The average Bonchev–Trinajstić information content (AvgIpc) is 2.25. The average molecular weight is 287 g/mol. The molecule has 0 aromatic rings. The fraction of sp³-hybridized carbons (Fsp3) is 0.933. The van der Waals surface area contributed by atoms with Gasteiger partial charge in [-0.2, -0.15) is 0 Å². The molecule has 2 atom stereocenters. The molecule has 3 rings (SSSR count). The Hall–Kier alpha value is -0.280. The molecule has 3 fully saturated rings. The summed E-state index contributed by atoms with van der Waals surface area (Å²) < 4.78 is 0. The van der Waals surface area contributed by atoms with Gasteiger partial charge >= 0.3 is 0 Å². The largest absolute Gasteiger partial charge is 0.353 e. The third-order valence-electron chi connectivity index (χ3n) is 5.40. The molecule has 0 saturated heterocycles. The first-order chi connectivity index (χ1) is 8.72. The Bertz CT molecular complexity index is 305. The number of fused-ring (bicyclic) bond motifs is 2. The lowest BCUT2D eigenvalue weighted by Crippen LogP contribution is -2.54. The number of amides is 1. The maximum absolute atomic E-state index is 12.1. The minimum absolute atomic E-state index is 0. The van der Waals surface area contributed by atoms with Crippen molar-refractivity contribution in [2.45, 2.75) is 69.9 Å². The van der Waals surface area contributed by atoms with Crippen molar-refractivity contribution in [3.8, 4) is 0 Å². The molecule has 3 aliphatic rings. The number of nitrogens with two attached hydrogens (primary N) is 1. The van der Waals surface area contributed by atoms with Gasteiger partial charge in [0, 0.05) is 18.5 Å². The highest BCUT2D eigenvalue weighted by molar-refractivity contribution is 5.85. The Morgan fingerprint density at radius 3 is 2.16 bits per heavy atom. The second-order valence-corrected chi connectivity index (χ2v) is 6.78. The van der Waals surface area contributed by atoms with Crippen molar-refractivity contribution in [3.05, 3.63) is 0 Å². The minimum Gasteiger partial charge on any atom is -0.353 e. The van der Waals surface area contributed by atoms with Crippen molar-refractivity contribution in [3.63, 3.8) is 0 Å². The van der Waals surface area contributed by atoms with E-state index in [2.05, 4.69) is 5.32 Å². The molecule has 0 heterocycles. The molecule has 2 unspecified atom stereocenters. The maximum Gasteiger partial charge on any atom is 0.220 e. The van der Waals surface area contributed by atoms with Gasteiger partial charge in [0.2, 0.25) is 5.91 Å². The van der Waals surface area contributed by atoms with E-state index in [1.165, 1.54) is 38.5 Å². The molecule has 0 spiro atoms. The zero-order chi connectivity index (χ0) is 12.5. The van der Waals surface area contributed by atoms with Gasteiger partial charge in [0.15, 0.2) is 0 Å². The molecule has 3 saturated carbocycles. The van der Waals surface area contributed by atoms with Crippen LogP contribution in [0.3, 0.4) is 0 Å². The summed E-state index contributed by atoms with van der Waals surface area (Å²) in [5.74, 6) is 2.28. The van der Waals surface area contributed by atoms with Crippen LogP contribution in [0.2, 0.25) is 0 Å². The minimum atomic E-state index is 0. The van der Waals surface area contributed by atoms with Crippen LogP contribution in [0.1, 0.15) is 57.8 Å². The summed E-state index contributed by atoms with van der Waals surface area (Å²) in [5, 5.41) is 3.35. The standard InChI is InChI=1S/C15H26N2O.ClH/c16-13-8-11-5-2-6-12(9-13)15(11)17-14(18)7-10-3-1-4-10;/h10-13,15H,1-9,16H2,(H,17,18);1H. The molecule has 4 heteroatoms. The van der Waals surface area contributed by atoms with Crippen LogP contribution in [0, 0.1) is 17.8 Å². The van der Waals surface area contributed by atoms with Crippen LogP contribution in [0.4, 0.5) is 0 Å². The zero-order valence-electron chi connectivity index (χ0n) is 11.6. The molecule has 0 aliphatic heterocycles. The van der Waals surface area contributed by atoms with E-state index in [1.54, 1.807) is 0 Å². The van der Waals surface area contributed by atoms with Gasteiger partial charge in [0.1, 0.15) is 0 Å². The summed E-state index contributed by atoms with van der Waals surface area (Å²) in [6.07, 6.45) is 10.7. The van der Waals surface area contributed by atoms with Crippen molar-refractivity contribution in [1.29, 1.82) is 0 Å². The van der Waals surface area contributed by atoms with Gasteiger partial charge < -0.3 is 11.1 Å². The normalized spacial score (nSPS) is 37.9. The number of carbonyl (C=O) groups is 1. The van der Waals surface area contributed by atoms with Crippen molar-refractivity contribution >= 4 is 18.3 Å². The first-order valence-corrected chi connectivity index (χ1v) is 7.77. The van der Waals surface area contributed by atoms with Crippen LogP contribution < -0.4 is 11.1 Å². The van der Waals surface area contributed by atoms with Gasteiger partial charge in [-0.05, 0) is 56.3 Å². The van der Waals surface area contributed by atoms with Gasteiger partial charge in [-0.25, -0.2) is 0 Å². The second-order valence-electron chi connectivity index (χ2n) is 6.78. The summed E-state index contributed by atoms with van der Waals surface area (Å²) in [4.78, 5) is 12.1. The highest BCUT2D eigenvalue weighted by Gasteiger charge is 2.40. The predicted molar refractivity (Wildman–Crippen MR) is 79.2 cm³/mol. The highest BCUT2D eigenvalue weighted by Crippen LogP contribution is 2.40. The van der Waals surface area contributed by atoms with Crippen LogP contribution in [-0.4, -0.2) is 18.0 Å². The van der Waals surface area contributed by atoms with E-state index in [9.17, 15) is 4.79 Å². The van der Waals surface area contributed by atoms with Crippen LogP contribution in [-0.2, 0) is 4.79 Å². The fourth-order valence-corrected chi connectivity index (χ4v) is 4.23. The summed E-state index contributed by atoms with van der Waals surface area (Å²) in [5.41, 5.74) is 6.12. The Labute approximate surface area is 122 Å². The quantitative estimate of drug-likeness (QED) is 0.838. The molecular formula is C15H27ClN2O. The van der Waals surface area contributed by atoms with Crippen molar-refractivity contribution in [2.75, 3.05) is 0 Å². The number of halogens is 1. The van der Waals surface area contributed by atoms with Gasteiger partial charge in [-0.15, -0.1) is 12.4 Å². The van der Waals surface area contributed by atoms with E-state index < -0.39 is 0 Å². The molecule has 0 aromatic heterocycles. The molecule has 2 bridgehead atoms. The number of carbonyl (C=O) groups excluding carboxylic acids is 1. The number of hydrogen-bond acceptors (Lipinski definition) is 2. The lowest BCUT2D eigenvalue weighted by molar-refractivity contribution is -0.125. The van der Waals surface area contributed by atoms with Gasteiger partial charge in [0.25, 0.3) is 0 Å². The first-order valence-electron chi connectivity index (χ1n) is 7.77. The summed E-state index contributed by atoms with van der Waals surface area (Å²) in [6, 6.07) is 0.811. The van der Waals surface area contributed by atoms with Crippen molar-refractivity contribution in [1.82, 2.24) is 5.32 Å². The molecule has 3 N–H and O–H groups in total. The topological polar surface area (TPSA) is 55.1 Å². The number of hydrogen-bond donors (Lipinski definition) is 2. The van der Waals surface area contributed by atoms with Gasteiger partial charge in [0.05, 0.1) is 0 Å². The van der Waals surface area contributed by atoms with Crippen LogP contribution in [0.25, 0.3) is 0 Å². The van der Waals surface area contributed by atoms with Crippen molar-refractivity contribution < 1.29 is 4.79 Å². The molecule has 3 nitrogen and oxygen atoms in total. The lowest BCUT2D eigenvalue weighted by atomic mass is 9.67. The summed E-state index contributed by atoms with van der Waals surface area (Å²) in [6.45, 7) is 0. The van der Waals surface area contributed by atoms with E-state index in [4.69, 9.17) is 5.73 Å². The van der Waals surface area contributed by atoms with Gasteiger partial charge in [-0.3, -0.25) is 4.79 Å². The molecule has 0 radical (unpaired) electrons. The fourth-order valence-electron chi connectivity index (χ4n) is 4.23. The molecule has 19 heavy (non-hydrogen) atoms. The molecular weight excluding hydrogens is 260 g/mol. The van der Waals surface area contributed by atoms with Crippen molar-refractivity contribution in [2.24, 2.45) is 23.5 Å². The Balaban J connectivity index is 0.00000133. The van der Waals surface area contributed by atoms with Crippen LogP contribution in [0.5, 0.6) is 0 Å². The zero-order valence-corrected chi connectivity index (χ0v) is 12.5. The Kier molecular flexibility index (Phi) is 5.13. The van der Waals surface area contributed by atoms with E-state index in [0.717, 1.165) is 19.3 Å². The molecule has 0 aromatic carbocycles. The third-order valence-corrected chi connectivity index (χ3v) is 5.40. The van der Waals surface area contributed by atoms with E-state index in [0.29, 0.717) is 35.7 Å². The molecule has 1 amide bonds. The smallest absolute Gasteiger partial charge is 0.220 e. The highest BCUT2D eigenvalue weighted by atomic mass is 35.5. The molecule has 3 aliphatic carbocycles. The maximum atomic E-state index is 12.1. The predicted octanol–water partition coefficient (Wildman–Crippen LogP) is 2.62. The van der Waals surface area contributed by atoms with E-state index >= 15 is 0 Å². The number of nitrogens with one attached hydrogen (secondary N) is 1. The summed E-state index contributed by atoms with van der Waals surface area (Å²) >= 11 is 0. The van der Waals surface area contributed by atoms with Crippen LogP contribution in [0.15, 0.2) is 0 Å². The van der Waals surface area contributed by atoms with Crippen LogP contribution >= 0.6 is 12.4 Å². The monoisotopic (exact) mass is 286 g/mol. The number of rotatable bonds is 3. The Morgan fingerprint density at radius 1 is 1.05 bits per heavy atom. The Morgan fingerprint density at radius 2 is 1.63 bits per heavy atom. The van der Waals surface area contributed by atoms with Gasteiger partial charge in [-0.1, -0.05) is 12.8 Å². The molecule has 110 valence electrons. The third kappa shape index (κ3) is 3.43. The van der Waals surface area contributed by atoms with E-state index in [1.807, 2.05) is 0 Å². The SMILES string of the molecule is Cl.NC1CC2CCCC(C1)C2NC(=O)CC1CCC1. The van der Waals surface area contributed by atoms with E-state index in [-0.39, 0.29) is 12.4 Å². The summed E-state index contributed by atoms with van der Waals surface area (Å²) in [7, 11) is 0. The lowest BCUT2D eigenvalue weighted by Gasteiger charge is -2.45.